The molecule has 4 rings (SSSR count). The van der Waals surface area contributed by atoms with Crippen molar-refractivity contribution in [1.29, 1.82) is 0 Å². The number of hydrogen-bond acceptors (Lipinski definition) is 3. The van der Waals surface area contributed by atoms with Crippen LogP contribution in [0, 0.1) is 6.92 Å². The summed E-state index contributed by atoms with van der Waals surface area (Å²) in [5, 5.41) is 0.485. The molecular formula is C20H16ClN3O2S. The molecule has 2 heterocycles. The first-order chi connectivity index (χ1) is 12.9. The number of pyridine rings is 1. The fourth-order valence-electron chi connectivity index (χ4n) is 2.78. The molecule has 27 heavy (non-hydrogen) atoms. The number of aryl methyl sites for hydroxylation is 1. The smallest absolute Gasteiger partial charge is 0.261 e. The third-order valence-corrected chi connectivity index (χ3v) is 5.90. The van der Waals surface area contributed by atoms with Gasteiger partial charge in [0.05, 0.1) is 16.3 Å². The molecule has 0 aliphatic heterocycles. The summed E-state index contributed by atoms with van der Waals surface area (Å²) in [4.78, 5) is 4.75. The number of benzene rings is 2. The normalized spacial score (nSPS) is 11.6. The maximum Gasteiger partial charge on any atom is 0.261 e. The molecule has 2 aromatic heterocycles. The van der Waals surface area contributed by atoms with E-state index in [9.17, 15) is 8.42 Å². The average Bonchev–Trinajstić information content (AvgIpc) is 3.08. The van der Waals surface area contributed by atoms with Gasteiger partial charge in [-0.25, -0.2) is 13.4 Å². The van der Waals surface area contributed by atoms with Crippen LogP contribution >= 0.6 is 11.6 Å². The van der Waals surface area contributed by atoms with E-state index in [2.05, 4.69) is 9.71 Å². The number of aromatic nitrogens is 2. The van der Waals surface area contributed by atoms with E-state index in [1.807, 2.05) is 54.0 Å². The zero-order chi connectivity index (χ0) is 19.0. The first kappa shape index (κ1) is 17.6. The highest BCUT2D eigenvalue weighted by Gasteiger charge is 2.16. The molecule has 0 saturated heterocycles. The molecular weight excluding hydrogens is 382 g/mol. The van der Waals surface area contributed by atoms with Gasteiger partial charge in [-0.15, -0.1) is 0 Å². The van der Waals surface area contributed by atoms with Crippen LogP contribution in [0.1, 0.15) is 5.56 Å². The summed E-state index contributed by atoms with van der Waals surface area (Å²) in [5.74, 6) is 0. The molecule has 4 aromatic rings. The van der Waals surface area contributed by atoms with E-state index < -0.39 is 10.0 Å². The van der Waals surface area contributed by atoms with E-state index >= 15 is 0 Å². The van der Waals surface area contributed by atoms with Crippen LogP contribution in [0.4, 0.5) is 5.69 Å². The molecule has 0 bridgehead atoms. The summed E-state index contributed by atoms with van der Waals surface area (Å²) in [6, 6.07) is 17.4. The molecule has 0 saturated carbocycles. The molecule has 2 aromatic carbocycles. The van der Waals surface area contributed by atoms with Crippen molar-refractivity contribution >= 4 is 33.0 Å². The molecule has 5 nitrogen and oxygen atoms in total. The summed E-state index contributed by atoms with van der Waals surface area (Å²) in [6.45, 7) is 1.85. The van der Waals surface area contributed by atoms with Crippen LogP contribution in [0.3, 0.4) is 0 Å². The van der Waals surface area contributed by atoms with Crippen LogP contribution in [0.15, 0.2) is 78.0 Å². The number of anilines is 1. The lowest BCUT2D eigenvalue weighted by molar-refractivity contribution is 0.601. The lowest BCUT2D eigenvalue weighted by Crippen LogP contribution is -2.13. The number of nitrogens with one attached hydrogen (secondary N) is 1. The summed E-state index contributed by atoms with van der Waals surface area (Å²) in [6.07, 6.45) is 3.83. The number of halogens is 1. The molecule has 0 radical (unpaired) electrons. The zero-order valence-electron chi connectivity index (χ0n) is 14.4. The van der Waals surface area contributed by atoms with Crippen molar-refractivity contribution in [3.63, 3.8) is 0 Å². The van der Waals surface area contributed by atoms with Gasteiger partial charge >= 0.3 is 0 Å². The second kappa shape index (κ2) is 6.72. The van der Waals surface area contributed by atoms with Gasteiger partial charge in [-0.05, 0) is 55.0 Å². The molecule has 0 atom stereocenters. The predicted molar refractivity (Wildman–Crippen MR) is 108 cm³/mol. The number of imidazole rings is 1. The van der Waals surface area contributed by atoms with Crippen LogP contribution in [0.2, 0.25) is 5.02 Å². The first-order valence-electron chi connectivity index (χ1n) is 8.25. The Balaban J connectivity index is 1.71. The SMILES string of the molecule is Cc1ccc(-c2cn3ccccc3n2)cc1NS(=O)(=O)c1ccc(Cl)cc1. The monoisotopic (exact) mass is 397 g/mol. The van der Waals surface area contributed by atoms with E-state index in [0.29, 0.717) is 10.7 Å². The minimum absolute atomic E-state index is 0.157. The molecule has 0 aliphatic carbocycles. The molecule has 0 unspecified atom stereocenters. The Bertz CT molecular complexity index is 1200. The maximum absolute atomic E-state index is 12.7. The summed E-state index contributed by atoms with van der Waals surface area (Å²) < 4.78 is 29.9. The Morgan fingerprint density at radius 2 is 1.81 bits per heavy atom. The Labute approximate surface area is 162 Å². The van der Waals surface area contributed by atoms with Gasteiger partial charge in [0, 0.05) is 23.0 Å². The second-order valence-corrected chi connectivity index (χ2v) is 8.30. The van der Waals surface area contributed by atoms with Crippen molar-refractivity contribution in [2.75, 3.05) is 4.72 Å². The highest BCUT2D eigenvalue weighted by atomic mass is 35.5. The predicted octanol–water partition coefficient (Wildman–Crippen LogP) is 4.76. The fourth-order valence-corrected chi connectivity index (χ4v) is 4.03. The van der Waals surface area contributed by atoms with E-state index in [1.165, 1.54) is 12.1 Å². The second-order valence-electron chi connectivity index (χ2n) is 6.18. The van der Waals surface area contributed by atoms with Crippen LogP contribution in [0.25, 0.3) is 16.9 Å². The number of rotatable bonds is 4. The van der Waals surface area contributed by atoms with Gasteiger partial charge in [-0.1, -0.05) is 29.8 Å². The van der Waals surface area contributed by atoms with Crippen LogP contribution in [-0.2, 0) is 10.0 Å². The summed E-state index contributed by atoms with van der Waals surface area (Å²) in [7, 11) is -3.71. The van der Waals surface area contributed by atoms with Gasteiger partial charge in [-0.3, -0.25) is 4.72 Å². The van der Waals surface area contributed by atoms with Crippen molar-refractivity contribution in [2.45, 2.75) is 11.8 Å². The minimum atomic E-state index is -3.71. The third-order valence-electron chi connectivity index (χ3n) is 4.27. The highest BCUT2D eigenvalue weighted by molar-refractivity contribution is 7.92. The quantitative estimate of drug-likeness (QED) is 0.539. The maximum atomic E-state index is 12.7. The van der Waals surface area contributed by atoms with Crippen molar-refractivity contribution in [3.05, 3.63) is 83.6 Å². The molecule has 0 fully saturated rings. The van der Waals surface area contributed by atoms with Crippen LogP contribution < -0.4 is 4.72 Å². The van der Waals surface area contributed by atoms with E-state index in [0.717, 1.165) is 22.5 Å². The van der Waals surface area contributed by atoms with E-state index in [1.54, 1.807) is 18.2 Å². The van der Waals surface area contributed by atoms with Gasteiger partial charge in [0.2, 0.25) is 0 Å². The lowest BCUT2D eigenvalue weighted by Gasteiger charge is -2.12. The van der Waals surface area contributed by atoms with Gasteiger partial charge in [0.15, 0.2) is 0 Å². The topological polar surface area (TPSA) is 63.5 Å². The van der Waals surface area contributed by atoms with Crippen LogP contribution in [-0.4, -0.2) is 17.8 Å². The summed E-state index contributed by atoms with van der Waals surface area (Å²) >= 11 is 5.85. The van der Waals surface area contributed by atoms with Gasteiger partial charge in [0.25, 0.3) is 10.0 Å². The molecule has 1 N–H and O–H groups in total. The van der Waals surface area contributed by atoms with Crippen molar-refractivity contribution < 1.29 is 8.42 Å². The third kappa shape index (κ3) is 3.54. The van der Waals surface area contributed by atoms with Gasteiger partial charge < -0.3 is 4.40 Å². The van der Waals surface area contributed by atoms with Crippen molar-refractivity contribution in [3.8, 4) is 11.3 Å². The first-order valence-corrected chi connectivity index (χ1v) is 10.1. The Morgan fingerprint density at radius 3 is 2.56 bits per heavy atom. The Kier molecular flexibility index (Phi) is 4.37. The standard InChI is InChI=1S/C20H16ClN3O2S/c1-14-5-6-15(19-13-24-11-3-2-4-20(24)22-19)12-18(14)23-27(25,26)17-9-7-16(21)8-10-17/h2-13,23H,1H3. The van der Waals surface area contributed by atoms with Gasteiger partial charge in [-0.2, -0.15) is 0 Å². The fraction of sp³-hybridized carbons (Fsp3) is 0.0500. The van der Waals surface area contributed by atoms with Crippen LogP contribution in [0.5, 0.6) is 0 Å². The van der Waals surface area contributed by atoms with Gasteiger partial charge in [0.1, 0.15) is 5.65 Å². The molecule has 0 amide bonds. The number of hydrogen-bond donors (Lipinski definition) is 1. The van der Waals surface area contributed by atoms with Crippen molar-refractivity contribution in [2.24, 2.45) is 0 Å². The average molecular weight is 398 g/mol. The molecule has 0 aliphatic rings. The minimum Gasteiger partial charge on any atom is -0.306 e. The lowest BCUT2D eigenvalue weighted by atomic mass is 10.1. The van der Waals surface area contributed by atoms with Crippen molar-refractivity contribution in [1.82, 2.24) is 9.38 Å². The number of fused-ring (bicyclic) bond motifs is 1. The number of sulfonamides is 1. The highest BCUT2D eigenvalue weighted by Crippen LogP contribution is 2.27. The van der Waals surface area contributed by atoms with E-state index in [-0.39, 0.29) is 4.90 Å². The molecule has 136 valence electrons. The van der Waals surface area contributed by atoms with E-state index in [4.69, 9.17) is 11.6 Å². The zero-order valence-corrected chi connectivity index (χ0v) is 16.0. The summed E-state index contributed by atoms with van der Waals surface area (Å²) in [5.41, 5.74) is 3.77. The molecule has 7 heteroatoms. The number of nitrogens with zero attached hydrogens (tertiary/aromatic N) is 2. The Morgan fingerprint density at radius 1 is 1.04 bits per heavy atom. The Hall–Kier alpha value is -2.83. The molecule has 0 spiro atoms. The largest absolute Gasteiger partial charge is 0.306 e.